The van der Waals surface area contributed by atoms with Crippen molar-refractivity contribution < 1.29 is 19.1 Å². The first-order valence-corrected chi connectivity index (χ1v) is 14.8. The molecule has 0 N–H and O–H groups in total. The van der Waals surface area contributed by atoms with E-state index in [9.17, 15) is 19.6 Å². The van der Waals surface area contributed by atoms with Crippen LogP contribution < -0.4 is 0 Å². The zero-order chi connectivity index (χ0) is 30.0. The van der Waals surface area contributed by atoms with Gasteiger partial charge in [-0.3, -0.25) is 14.4 Å². The largest absolute Gasteiger partial charge is 0.465 e. The molecular weight excluding hydrogens is 486 g/mol. The summed E-state index contributed by atoms with van der Waals surface area (Å²) in [6.45, 7) is 23.4. The van der Waals surface area contributed by atoms with E-state index in [1.54, 1.807) is 13.0 Å². The van der Waals surface area contributed by atoms with Crippen molar-refractivity contribution in [1.29, 1.82) is 5.26 Å². The number of hydrogen-bond acceptors (Lipinski definition) is 5. The Bertz CT molecular complexity index is 1070. The minimum absolute atomic E-state index is 0.00754. The summed E-state index contributed by atoms with van der Waals surface area (Å²) in [7, 11) is 0. The van der Waals surface area contributed by atoms with Crippen LogP contribution in [0.15, 0.2) is 23.3 Å². The molecule has 2 aliphatic carbocycles. The van der Waals surface area contributed by atoms with Gasteiger partial charge in [-0.1, -0.05) is 80.4 Å². The maximum Gasteiger partial charge on any atom is 0.302 e. The second-order valence-corrected chi connectivity index (χ2v) is 14.7. The first-order chi connectivity index (χ1) is 17.8. The molecule has 5 nitrogen and oxygen atoms in total. The molecule has 0 unspecified atom stereocenters. The van der Waals surface area contributed by atoms with Crippen LogP contribution in [-0.4, -0.2) is 24.1 Å². The highest BCUT2D eigenvalue weighted by Crippen LogP contribution is 2.65. The third kappa shape index (κ3) is 6.93. The number of rotatable bonds is 11. The molecule has 0 aromatic carbocycles. The quantitative estimate of drug-likeness (QED) is 0.195. The maximum absolute atomic E-state index is 12.9. The molecule has 1 fully saturated rings. The Balaban J connectivity index is 2.49. The number of nitriles is 1. The van der Waals surface area contributed by atoms with Crippen molar-refractivity contribution in [1.82, 2.24) is 0 Å². The number of carbonyl (C=O) groups is 3. The summed E-state index contributed by atoms with van der Waals surface area (Å²) in [6, 6.07) is 2.14. The third-order valence-electron chi connectivity index (χ3n) is 10.9. The topological polar surface area (TPSA) is 84.2 Å². The van der Waals surface area contributed by atoms with Crippen molar-refractivity contribution in [3.63, 3.8) is 0 Å². The molecule has 2 aliphatic rings. The van der Waals surface area contributed by atoms with Crippen LogP contribution in [0.1, 0.15) is 121 Å². The van der Waals surface area contributed by atoms with Crippen LogP contribution in [0.3, 0.4) is 0 Å². The number of fused-ring (bicyclic) bond motifs is 1. The highest BCUT2D eigenvalue weighted by atomic mass is 16.5. The van der Waals surface area contributed by atoms with E-state index in [2.05, 4.69) is 61.5 Å². The fraction of sp³-hybridized carbons (Fsp3) is 0.765. The highest BCUT2D eigenvalue weighted by molar-refractivity contribution is 6.02. The highest BCUT2D eigenvalue weighted by Gasteiger charge is 2.58. The standard InChI is InChI=1S/C34H53NO4/c1-12-30(5,6)15-17-32(9,22-39-25(4)37)18-16-31(7,8)34(11)14-13-27-24(3)29(38)26(21-35)20-33(27,10)28(34)19-23(2)36/h19-20,24,27H,12-18,22H2,1-11H3/b28-19-/t24-,27-,32-,33-,34+/m0/s1. The summed E-state index contributed by atoms with van der Waals surface area (Å²) in [6.07, 6.45) is 10.3. The van der Waals surface area contributed by atoms with Crippen molar-refractivity contribution in [3.8, 4) is 6.07 Å². The Morgan fingerprint density at radius 2 is 1.69 bits per heavy atom. The molecule has 0 heterocycles. The lowest BCUT2D eigenvalue weighted by Crippen LogP contribution is -2.52. The number of Topliss-reactive ketones (excluding diaryl/α,β-unsaturated/α-hetero) is 1. The summed E-state index contributed by atoms with van der Waals surface area (Å²) in [5.74, 6) is -0.539. The predicted octanol–water partition coefficient (Wildman–Crippen LogP) is 8.19. The summed E-state index contributed by atoms with van der Waals surface area (Å²) < 4.78 is 5.58. The Hall–Kier alpha value is -2.22. The van der Waals surface area contributed by atoms with Crippen molar-refractivity contribution in [3.05, 3.63) is 23.3 Å². The van der Waals surface area contributed by atoms with Crippen molar-refractivity contribution in [2.45, 2.75) is 121 Å². The molecule has 1 saturated carbocycles. The Labute approximate surface area is 237 Å². The number of hydrogen-bond donors (Lipinski definition) is 0. The normalized spacial score (nSPS) is 30.2. The van der Waals surface area contributed by atoms with Gasteiger partial charge < -0.3 is 4.74 Å². The number of esters is 1. The zero-order valence-corrected chi connectivity index (χ0v) is 26.5. The van der Waals surface area contributed by atoms with Crippen molar-refractivity contribution in [2.24, 2.45) is 38.9 Å². The van der Waals surface area contributed by atoms with Gasteiger partial charge in [0.25, 0.3) is 0 Å². The minimum Gasteiger partial charge on any atom is -0.465 e. The molecule has 2 rings (SSSR count). The Morgan fingerprint density at radius 1 is 1.10 bits per heavy atom. The lowest BCUT2D eigenvalue weighted by molar-refractivity contribution is -0.145. The molecule has 0 saturated heterocycles. The molecule has 0 spiro atoms. The number of allylic oxidation sites excluding steroid dienone is 4. The Morgan fingerprint density at radius 3 is 2.21 bits per heavy atom. The van der Waals surface area contributed by atoms with Crippen LogP contribution in [0.4, 0.5) is 0 Å². The molecule has 5 heteroatoms. The minimum atomic E-state index is -0.541. The zero-order valence-electron chi connectivity index (χ0n) is 26.5. The average molecular weight is 540 g/mol. The number of carbonyl (C=O) groups excluding carboxylic acids is 3. The summed E-state index contributed by atoms with van der Waals surface area (Å²) >= 11 is 0. The Kier molecular flexibility index (Phi) is 9.91. The van der Waals surface area contributed by atoms with Gasteiger partial charge in [0.1, 0.15) is 6.07 Å². The van der Waals surface area contributed by atoms with E-state index in [0.29, 0.717) is 6.61 Å². The number of nitrogens with zero attached hydrogens (tertiary/aromatic N) is 1. The molecule has 218 valence electrons. The number of ketones is 2. The fourth-order valence-corrected chi connectivity index (χ4v) is 6.99. The molecule has 0 aliphatic heterocycles. The third-order valence-corrected chi connectivity index (χ3v) is 10.9. The smallest absolute Gasteiger partial charge is 0.302 e. The lowest BCUT2D eigenvalue weighted by atomic mass is 9.44. The van der Waals surface area contributed by atoms with Crippen LogP contribution in [-0.2, 0) is 19.1 Å². The van der Waals surface area contributed by atoms with E-state index < -0.39 is 5.41 Å². The van der Waals surface area contributed by atoms with Gasteiger partial charge in [0.2, 0.25) is 0 Å². The van der Waals surface area contributed by atoms with Crippen molar-refractivity contribution >= 4 is 17.5 Å². The fourth-order valence-electron chi connectivity index (χ4n) is 6.99. The van der Waals surface area contributed by atoms with E-state index in [0.717, 1.165) is 50.5 Å². The molecule has 39 heavy (non-hydrogen) atoms. The van der Waals surface area contributed by atoms with Crippen molar-refractivity contribution in [2.75, 3.05) is 6.61 Å². The molecule has 0 radical (unpaired) electrons. The van der Waals surface area contributed by atoms with Gasteiger partial charge in [-0.15, -0.1) is 0 Å². The maximum atomic E-state index is 12.9. The van der Waals surface area contributed by atoms with Gasteiger partial charge in [-0.25, -0.2) is 0 Å². The van der Waals surface area contributed by atoms with Gasteiger partial charge in [0.15, 0.2) is 11.6 Å². The van der Waals surface area contributed by atoms with E-state index >= 15 is 0 Å². The van der Waals surface area contributed by atoms with E-state index in [4.69, 9.17) is 4.74 Å². The van der Waals surface area contributed by atoms with E-state index in [-0.39, 0.29) is 56.6 Å². The second kappa shape index (κ2) is 11.7. The SMILES string of the molecule is CCC(C)(C)CC[C@@](C)(CCC(C)(C)[C@]1(C)CC[C@H]2[C@H](C)C(=O)C(C#N)=C[C@]2(C)/C1=C/C(C)=O)COC(C)=O. The molecule has 5 atom stereocenters. The van der Waals surface area contributed by atoms with E-state index in [1.807, 2.05) is 13.0 Å². The van der Waals surface area contributed by atoms with Gasteiger partial charge >= 0.3 is 5.97 Å². The first kappa shape index (κ1) is 33.0. The van der Waals surface area contributed by atoms with Crippen LogP contribution in [0.2, 0.25) is 0 Å². The van der Waals surface area contributed by atoms with Gasteiger partial charge in [0, 0.05) is 23.7 Å². The predicted molar refractivity (Wildman–Crippen MR) is 157 cm³/mol. The average Bonchev–Trinajstić information content (AvgIpc) is 2.85. The molecule has 0 bridgehead atoms. The lowest BCUT2D eigenvalue weighted by Gasteiger charge is -2.59. The number of ether oxygens (including phenoxy) is 1. The first-order valence-electron chi connectivity index (χ1n) is 14.8. The van der Waals surface area contributed by atoms with Crippen LogP contribution in [0, 0.1) is 50.2 Å². The summed E-state index contributed by atoms with van der Waals surface area (Å²) in [5.41, 5.74) is 0.285. The summed E-state index contributed by atoms with van der Waals surface area (Å²) in [5, 5.41) is 9.77. The molecule has 0 aromatic heterocycles. The summed E-state index contributed by atoms with van der Waals surface area (Å²) in [4.78, 5) is 37.3. The van der Waals surface area contributed by atoms with Gasteiger partial charge in [0.05, 0.1) is 12.2 Å². The molecule has 0 amide bonds. The van der Waals surface area contributed by atoms with Gasteiger partial charge in [-0.05, 0) is 73.7 Å². The van der Waals surface area contributed by atoms with Gasteiger partial charge in [-0.2, -0.15) is 5.26 Å². The second-order valence-electron chi connectivity index (χ2n) is 14.7. The van der Waals surface area contributed by atoms with Crippen LogP contribution in [0.25, 0.3) is 0 Å². The van der Waals surface area contributed by atoms with Crippen LogP contribution >= 0.6 is 0 Å². The van der Waals surface area contributed by atoms with Crippen LogP contribution in [0.5, 0.6) is 0 Å². The van der Waals surface area contributed by atoms with E-state index in [1.165, 1.54) is 6.92 Å². The molecule has 0 aromatic rings. The monoisotopic (exact) mass is 539 g/mol. The molecular formula is C34H53NO4.